The second kappa shape index (κ2) is 8.96. The Labute approximate surface area is 153 Å². The molecular formula is C20H26FN3O2. The summed E-state index contributed by atoms with van der Waals surface area (Å²) in [5, 5.41) is 3.00. The first-order valence-electron chi connectivity index (χ1n) is 9.08. The summed E-state index contributed by atoms with van der Waals surface area (Å²) >= 11 is 0. The van der Waals surface area contributed by atoms with Gasteiger partial charge in [-0.05, 0) is 43.3 Å². The van der Waals surface area contributed by atoms with Crippen molar-refractivity contribution in [3.8, 4) is 0 Å². The summed E-state index contributed by atoms with van der Waals surface area (Å²) in [6, 6.07) is 10.2. The van der Waals surface area contributed by atoms with E-state index in [2.05, 4.69) is 22.2 Å². The number of nitrogens with one attached hydrogen (secondary N) is 1. The van der Waals surface area contributed by atoms with Crippen molar-refractivity contribution in [1.29, 1.82) is 0 Å². The van der Waals surface area contributed by atoms with Gasteiger partial charge in [-0.25, -0.2) is 4.39 Å². The molecule has 1 aliphatic rings. The van der Waals surface area contributed by atoms with E-state index in [9.17, 15) is 9.18 Å². The van der Waals surface area contributed by atoms with Crippen LogP contribution in [0.2, 0.25) is 0 Å². The molecule has 1 N–H and O–H groups in total. The highest BCUT2D eigenvalue weighted by molar-refractivity contribution is 5.78. The first kappa shape index (κ1) is 18.6. The fraction of sp³-hybridized carbons (Fsp3) is 0.450. The maximum Gasteiger partial charge on any atom is 0.234 e. The topological polar surface area (TPSA) is 48.7 Å². The molecule has 3 rings (SSSR count). The summed E-state index contributed by atoms with van der Waals surface area (Å²) in [5.41, 5.74) is 0.981. The molecule has 1 fully saturated rings. The number of benzene rings is 1. The van der Waals surface area contributed by atoms with Crippen LogP contribution in [-0.4, -0.2) is 62.0 Å². The number of furan rings is 1. The molecule has 0 unspecified atom stereocenters. The first-order chi connectivity index (χ1) is 12.6. The highest BCUT2D eigenvalue weighted by Crippen LogP contribution is 2.28. The van der Waals surface area contributed by atoms with Crippen LogP contribution in [0.4, 0.5) is 4.39 Å². The third-order valence-corrected chi connectivity index (χ3v) is 4.88. The Morgan fingerprint density at radius 1 is 1.19 bits per heavy atom. The van der Waals surface area contributed by atoms with E-state index in [1.54, 1.807) is 18.4 Å². The molecule has 2 aromatic rings. The smallest absolute Gasteiger partial charge is 0.234 e. The van der Waals surface area contributed by atoms with Crippen molar-refractivity contribution in [3.05, 3.63) is 59.8 Å². The molecule has 0 radical (unpaired) electrons. The summed E-state index contributed by atoms with van der Waals surface area (Å²) in [6.07, 6.45) is 2.34. The Morgan fingerprint density at radius 3 is 2.58 bits per heavy atom. The van der Waals surface area contributed by atoms with Gasteiger partial charge < -0.3 is 14.6 Å². The number of amides is 1. The minimum Gasteiger partial charge on any atom is -0.469 e. The molecule has 1 atom stereocenters. The monoisotopic (exact) mass is 359 g/mol. The quantitative estimate of drug-likeness (QED) is 0.824. The number of carbonyl (C=O) groups is 1. The van der Waals surface area contributed by atoms with Crippen molar-refractivity contribution >= 4 is 5.91 Å². The Kier molecular flexibility index (Phi) is 6.41. The van der Waals surface area contributed by atoms with E-state index in [1.165, 1.54) is 12.1 Å². The predicted molar refractivity (Wildman–Crippen MR) is 98.5 cm³/mol. The lowest BCUT2D eigenvalue weighted by Gasteiger charge is -2.31. The molecule has 0 aliphatic carbocycles. The predicted octanol–water partition coefficient (Wildman–Crippen LogP) is 2.30. The van der Waals surface area contributed by atoms with Crippen molar-refractivity contribution in [3.63, 3.8) is 0 Å². The molecule has 140 valence electrons. The number of halogens is 1. The van der Waals surface area contributed by atoms with Gasteiger partial charge in [0.25, 0.3) is 0 Å². The van der Waals surface area contributed by atoms with Gasteiger partial charge in [-0.3, -0.25) is 9.69 Å². The Morgan fingerprint density at radius 2 is 1.92 bits per heavy atom. The molecule has 1 aliphatic heterocycles. The zero-order chi connectivity index (χ0) is 18.4. The standard InChI is InChI=1S/C20H26FN3O2/c1-23-10-12-24(13-11-23)15-20(25)22-9-8-18(19-3-2-14-26-19)16-4-6-17(21)7-5-16/h2-7,14,18H,8-13,15H2,1H3,(H,22,25)/t18-/m1/s1. The zero-order valence-electron chi connectivity index (χ0n) is 15.2. The lowest BCUT2D eigenvalue weighted by Crippen LogP contribution is -2.48. The Bertz CT molecular complexity index is 680. The first-order valence-corrected chi connectivity index (χ1v) is 9.08. The SMILES string of the molecule is CN1CCN(CC(=O)NCC[C@H](c2ccc(F)cc2)c2ccco2)CC1. The van der Waals surface area contributed by atoms with Crippen LogP contribution < -0.4 is 5.32 Å². The van der Waals surface area contributed by atoms with Crippen molar-refractivity contribution in [2.45, 2.75) is 12.3 Å². The second-order valence-corrected chi connectivity index (χ2v) is 6.84. The van der Waals surface area contributed by atoms with E-state index in [-0.39, 0.29) is 17.6 Å². The van der Waals surface area contributed by atoms with Crippen molar-refractivity contribution in [2.75, 3.05) is 46.3 Å². The third kappa shape index (κ3) is 5.16. The Balaban J connectivity index is 1.51. The number of hydrogen-bond acceptors (Lipinski definition) is 4. The largest absolute Gasteiger partial charge is 0.469 e. The second-order valence-electron chi connectivity index (χ2n) is 6.84. The molecule has 1 saturated heterocycles. The molecular weight excluding hydrogens is 333 g/mol. The maximum absolute atomic E-state index is 13.2. The molecule has 0 saturated carbocycles. The van der Waals surface area contributed by atoms with Crippen LogP contribution in [0.3, 0.4) is 0 Å². The summed E-state index contributed by atoms with van der Waals surface area (Å²) in [6.45, 7) is 4.84. The number of piperazine rings is 1. The normalized spacial score (nSPS) is 17.2. The molecule has 1 aromatic heterocycles. The molecule has 0 bridgehead atoms. The van der Waals surface area contributed by atoms with Gasteiger partial charge >= 0.3 is 0 Å². The summed E-state index contributed by atoms with van der Waals surface area (Å²) in [7, 11) is 2.10. The van der Waals surface area contributed by atoms with Crippen molar-refractivity contribution in [2.24, 2.45) is 0 Å². The van der Waals surface area contributed by atoms with E-state index >= 15 is 0 Å². The molecule has 5 nitrogen and oxygen atoms in total. The molecule has 2 heterocycles. The summed E-state index contributed by atoms with van der Waals surface area (Å²) in [4.78, 5) is 16.7. The minimum absolute atomic E-state index is 0.00506. The minimum atomic E-state index is -0.257. The molecule has 26 heavy (non-hydrogen) atoms. The van der Waals surface area contributed by atoms with Gasteiger partial charge in [-0.1, -0.05) is 12.1 Å². The lowest BCUT2D eigenvalue weighted by atomic mass is 9.93. The van der Waals surface area contributed by atoms with Gasteiger partial charge in [-0.15, -0.1) is 0 Å². The van der Waals surface area contributed by atoms with Gasteiger partial charge in [0, 0.05) is 38.6 Å². The number of likely N-dealkylation sites (N-methyl/N-ethyl adjacent to an activating group) is 1. The van der Waals surface area contributed by atoms with Crippen LogP contribution in [0.1, 0.15) is 23.7 Å². The van der Waals surface area contributed by atoms with Crippen molar-refractivity contribution < 1.29 is 13.6 Å². The maximum atomic E-state index is 13.2. The molecule has 6 heteroatoms. The van der Waals surface area contributed by atoms with Crippen LogP contribution in [0, 0.1) is 5.82 Å². The lowest BCUT2D eigenvalue weighted by molar-refractivity contribution is -0.122. The average Bonchev–Trinajstić information content (AvgIpc) is 3.16. The van der Waals surface area contributed by atoms with E-state index in [1.807, 2.05) is 12.1 Å². The van der Waals surface area contributed by atoms with E-state index in [4.69, 9.17) is 4.42 Å². The molecule has 1 aromatic carbocycles. The van der Waals surface area contributed by atoms with Crippen LogP contribution in [0.15, 0.2) is 47.1 Å². The molecule has 0 spiro atoms. The van der Waals surface area contributed by atoms with Crippen LogP contribution in [0.5, 0.6) is 0 Å². The van der Waals surface area contributed by atoms with E-state index in [0.717, 1.165) is 37.5 Å². The van der Waals surface area contributed by atoms with Gasteiger partial charge in [-0.2, -0.15) is 0 Å². The van der Waals surface area contributed by atoms with Crippen LogP contribution in [0.25, 0.3) is 0 Å². The number of hydrogen-bond donors (Lipinski definition) is 1. The number of rotatable bonds is 7. The van der Waals surface area contributed by atoms with Gasteiger partial charge in [0.05, 0.1) is 12.8 Å². The van der Waals surface area contributed by atoms with E-state index in [0.29, 0.717) is 19.5 Å². The Hall–Kier alpha value is -2.18. The number of nitrogens with zero attached hydrogens (tertiary/aromatic N) is 2. The third-order valence-electron chi connectivity index (χ3n) is 4.88. The highest BCUT2D eigenvalue weighted by Gasteiger charge is 2.19. The van der Waals surface area contributed by atoms with Crippen molar-refractivity contribution in [1.82, 2.24) is 15.1 Å². The zero-order valence-corrected chi connectivity index (χ0v) is 15.2. The molecule has 1 amide bonds. The fourth-order valence-corrected chi connectivity index (χ4v) is 3.28. The van der Waals surface area contributed by atoms with Crippen LogP contribution in [-0.2, 0) is 4.79 Å². The van der Waals surface area contributed by atoms with Gasteiger partial charge in [0.15, 0.2) is 0 Å². The average molecular weight is 359 g/mol. The van der Waals surface area contributed by atoms with E-state index < -0.39 is 0 Å². The number of carbonyl (C=O) groups excluding carboxylic acids is 1. The highest BCUT2D eigenvalue weighted by atomic mass is 19.1. The fourth-order valence-electron chi connectivity index (χ4n) is 3.28. The van der Waals surface area contributed by atoms with Gasteiger partial charge in [0.1, 0.15) is 11.6 Å². The summed E-state index contributed by atoms with van der Waals surface area (Å²) < 4.78 is 18.8. The van der Waals surface area contributed by atoms with Gasteiger partial charge in [0.2, 0.25) is 5.91 Å². The summed E-state index contributed by atoms with van der Waals surface area (Å²) in [5.74, 6) is 0.610. The van der Waals surface area contributed by atoms with Crippen LogP contribution >= 0.6 is 0 Å².